The minimum Gasteiger partial charge on any atom is -0.387 e. The number of aliphatic hydroxyl groups is 1. The maximum atomic E-state index is 12.3. The molecule has 1 aliphatic rings. The van der Waals surface area contributed by atoms with E-state index in [1.54, 1.807) is 0 Å². The smallest absolute Gasteiger partial charge is 0.223 e. The Morgan fingerprint density at radius 3 is 2.78 bits per heavy atom. The van der Waals surface area contributed by atoms with Gasteiger partial charge in [-0.1, -0.05) is 42.8 Å². The predicted octanol–water partition coefficient (Wildman–Crippen LogP) is 2.36. The summed E-state index contributed by atoms with van der Waals surface area (Å²) in [7, 11) is 0. The molecule has 122 valence electrons. The summed E-state index contributed by atoms with van der Waals surface area (Å²) in [6.07, 6.45) is 2.30. The van der Waals surface area contributed by atoms with Crippen molar-refractivity contribution in [3.8, 4) is 0 Å². The fourth-order valence-electron chi connectivity index (χ4n) is 3.53. The lowest BCUT2D eigenvalue weighted by Gasteiger charge is -2.19. The van der Waals surface area contributed by atoms with E-state index < -0.39 is 6.10 Å². The van der Waals surface area contributed by atoms with Crippen LogP contribution in [0.15, 0.2) is 42.5 Å². The summed E-state index contributed by atoms with van der Waals surface area (Å²) in [6.45, 7) is 0.802. The Kier molecular flexibility index (Phi) is 4.94. The van der Waals surface area contributed by atoms with Gasteiger partial charge in [0.2, 0.25) is 5.91 Å². The van der Waals surface area contributed by atoms with E-state index in [1.165, 1.54) is 0 Å². The van der Waals surface area contributed by atoms with Crippen molar-refractivity contribution in [2.75, 3.05) is 13.1 Å². The molecule has 1 saturated carbocycles. The van der Waals surface area contributed by atoms with Crippen molar-refractivity contribution in [1.29, 1.82) is 0 Å². The van der Waals surface area contributed by atoms with Gasteiger partial charge in [-0.25, -0.2) is 0 Å². The molecule has 0 radical (unpaired) electrons. The Bertz CT molecular complexity index is 686. The van der Waals surface area contributed by atoms with Crippen molar-refractivity contribution in [1.82, 2.24) is 5.32 Å². The van der Waals surface area contributed by atoms with E-state index in [-0.39, 0.29) is 24.3 Å². The third-order valence-electron chi connectivity index (χ3n) is 4.93. The second-order valence-electron chi connectivity index (χ2n) is 6.40. The molecule has 0 aliphatic heterocycles. The summed E-state index contributed by atoms with van der Waals surface area (Å²) >= 11 is 0. The topological polar surface area (TPSA) is 75.4 Å². The Morgan fingerprint density at radius 2 is 2.00 bits per heavy atom. The number of carbonyl (C=O) groups excluding carboxylic acids is 1. The molecule has 2 aromatic carbocycles. The number of benzene rings is 2. The quantitative estimate of drug-likeness (QED) is 0.793. The molecule has 2 aromatic rings. The van der Waals surface area contributed by atoms with Gasteiger partial charge < -0.3 is 16.2 Å². The molecule has 3 rings (SSSR count). The van der Waals surface area contributed by atoms with Crippen LogP contribution in [0.5, 0.6) is 0 Å². The van der Waals surface area contributed by atoms with Crippen molar-refractivity contribution in [2.24, 2.45) is 17.6 Å². The number of rotatable bonds is 5. The zero-order chi connectivity index (χ0) is 16.2. The van der Waals surface area contributed by atoms with Gasteiger partial charge in [-0.3, -0.25) is 4.79 Å². The maximum absolute atomic E-state index is 12.3. The molecule has 4 heteroatoms. The first-order valence-electron chi connectivity index (χ1n) is 8.33. The number of hydrogen-bond donors (Lipinski definition) is 3. The van der Waals surface area contributed by atoms with Crippen molar-refractivity contribution in [3.63, 3.8) is 0 Å². The second-order valence-corrected chi connectivity index (χ2v) is 6.40. The Balaban J connectivity index is 1.61. The fourth-order valence-corrected chi connectivity index (χ4v) is 3.53. The predicted molar refractivity (Wildman–Crippen MR) is 91.8 cm³/mol. The molecular weight excluding hydrogens is 288 g/mol. The van der Waals surface area contributed by atoms with E-state index in [2.05, 4.69) is 5.32 Å². The highest BCUT2D eigenvalue weighted by Gasteiger charge is 2.31. The van der Waals surface area contributed by atoms with Crippen LogP contribution in [0.4, 0.5) is 0 Å². The maximum Gasteiger partial charge on any atom is 0.223 e. The first-order valence-corrected chi connectivity index (χ1v) is 8.33. The van der Waals surface area contributed by atoms with Gasteiger partial charge in [0.1, 0.15) is 0 Å². The molecule has 3 atom stereocenters. The van der Waals surface area contributed by atoms with Crippen LogP contribution in [0.2, 0.25) is 0 Å². The molecule has 1 amide bonds. The monoisotopic (exact) mass is 312 g/mol. The Morgan fingerprint density at radius 1 is 1.22 bits per heavy atom. The van der Waals surface area contributed by atoms with E-state index in [4.69, 9.17) is 5.73 Å². The highest BCUT2D eigenvalue weighted by Crippen LogP contribution is 2.31. The molecule has 4 N–H and O–H groups in total. The second kappa shape index (κ2) is 7.11. The summed E-state index contributed by atoms with van der Waals surface area (Å²) in [5, 5.41) is 15.5. The zero-order valence-corrected chi connectivity index (χ0v) is 13.2. The van der Waals surface area contributed by atoms with Gasteiger partial charge in [0.15, 0.2) is 0 Å². The minimum absolute atomic E-state index is 0.00352. The van der Waals surface area contributed by atoms with Crippen molar-refractivity contribution in [2.45, 2.75) is 25.4 Å². The number of hydrogen-bond acceptors (Lipinski definition) is 3. The van der Waals surface area contributed by atoms with Gasteiger partial charge in [0.05, 0.1) is 6.10 Å². The van der Waals surface area contributed by atoms with Gasteiger partial charge in [0.25, 0.3) is 0 Å². The van der Waals surface area contributed by atoms with Crippen molar-refractivity contribution < 1.29 is 9.90 Å². The first-order chi connectivity index (χ1) is 11.2. The van der Waals surface area contributed by atoms with Gasteiger partial charge in [-0.15, -0.1) is 0 Å². The molecule has 1 unspecified atom stereocenters. The number of aliphatic hydroxyl groups excluding tert-OH is 1. The van der Waals surface area contributed by atoms with E-state index >= 15 is 0 Å². The van der Waals surface area contributed by atoms with E-state index in [1.807, 2.05) is 42.5 Å². The molecule has 1 aliphatic carbocycles. The Labute approximate surface area is 136 Å². The first kappa shape index (κ1) is 16.0. The molecule has 0 bridgehead atoms. The van der Waals surface area contributed by atoms with Crippen LogP contribution in [-0.2, 0) is 4.79 Å². The summed E-state index contributed by atoms with van der Waals surface area (Å²) in [6, 6.07) is 13.9. The van der Waals surface area contributed by atoms with Gasteiger partial charge >= 0.3 is 0 Å². The standard InChI is InChI=1S/C19H24N2O2/c20-11-16-6-3-7-17(16)19(23)21-12-18(22)15-9-8-13-4-1-2-5-14(13)10-15/h1-2,4-5,8-10,16-18,22H,3,6-7,11-12,20H2,(H,21,23)/t16-,17-,18?/m1/s1. The van der Waals surface area contributed by atoms with Crippen LogP contribution in [0.3, 0.4) is 0 Å². The normalized spacial score (nSPS) is 22.2. The van der Waals surface area contributed by atoms with Gasteiger partial charge in [-0.05, 0) is 47.7 Å². The number of nitrogens with one attached hydrogen (secondary N) is 1. The van der Waals surface area contributed by atoms with E-state index in [0.29, 0.717) is 6.54 Å². The summed E-state index contributed by atoms with van der Waals surface area (Å²) in [4.78, 5) is 12.3. The van der Waals surface area contributed by atoms with Crippen LogP contribution in [0.1, 0.15) is 30.9 Å². The number of carbonyl (C=O) groups is 1. The Hall–Kier alpha value is -1.91. The molecule has 0 aromatic heterocycles. The largest absolute Gasteiger partial charge is 0.387 e. The summed E-state index contributed by atoms with van der Waals surface area (Å²) < 4.78 is 0. The summed E-state index contributed by atoms with van der Waals surface area (Å²) in [5.41, 5.74) is 6.56. The molecule has 0 heterocycles. The van der Waals surface area contributed by atoms with Crippen LogP contribution in [0, 0.1) is 11.8 Å². The number of nitrogens with two attached hydrogens (primary N) is 1. The molecule has 0 saturated heterocycles. The molecule has 23 heavy (non-hydrogen) atoms. The zero-order valence-electron chi connectivity index (χ0n) is 13.2. The molecule has 4 nitrogen and oxygen atoms in total. The lowest BCUT2D eigenvalue weighted by molar-refractivity contribution is -0.126. The average Bonchev–Trinajstić information content (AvgIpc) is 3.07. The van der Waals surface area contributed by atoms with Gasteiger partial charge in [-0.2, -0.15) is 0 Å². The van der Waals surface area contributed by atoms with Gasteiger partial charge in [0, 0.05) is 12.5 Å². The minimum atomic E-state index is -0.693. The van der Waals surface area contributed by atoms with E-state index in [9.17, 15) is 9.90 Å². The number of fused-ring (bicyclic) bond motifs is 1. The third kappa shape index (κ3) is 3.54. The van der Waals surface area contributed by atoms with Crippen molar-refractivity contribution >= 4 is 16.7 Å². The average molecular weight is 312 g/mol. The molecule has 0 spiro atoms. The SMILES string of the molecule is NC[C@H]1CCC[C@H]1C(=O)NCC(O)c1ccc2ccccc2c1. The van der Waals surface area contributed by atoms with Crippen LogP contribution in [-0.4, -0.2) is 24.1 Å². The van der Waals surface area contributed by atoms with Crippen LogP contribution >= 0.6 is 0 Å². The summed E-state index contributed by atoms with van der Waals surface area (Å²) in [5.74, 6) is 0.314. The number of amides is 1. The lowest BCUT2D eigenvalue weighted by atomic mass is 9.95. The lowest BCUT2D eigenvalue weighted by Crippen LogP contribution is -2.37. The third-order valence-corrected chi connectivity index (χ3v) is 4.93. The highest BCUT2D eigenvalue weighted by atomic mass is 16.3. The molecule has 1 fully saturated rings. The van der Waals surface area contributed by atoms with E-state index in [0.717, 1.165) is 35.6 Å². The van der Waals surface area contributed by atoms with Crippen molar-refractivity contribution in [3.05, 3.63) is 48.0 Å². The van der Waals surface area contributed by atoms with Crippen LogP contribution < -0.4 is 11.1 Å². The molecular formula is C19H24N2O2. The highest BCUT2D eigenvalue weighted by molar-refractivity contribution is 5.83. The fraction of sp³-hybridized carbons (Fsp3) is 0.421. The van der Waals surface area contributed by atoms with Crippen LogP contribution in [0.25, 0.3) is 10.8 Å².